The number of rotatable bonds is 3. The number of para-hydroxylation sites is 1. The van der Waals surface area contributed by atoms with Crippen LogP contribution in [0.1, 0.15) is 23.7 Å². The maximum atomic E-state index is 11.3. The number of aromatic nitrogens is 1. The van der Waals surface area contributed by atoms with Gasteiger partial charge in [-0.05, 0) is 18.6 Å². The SMILES string of the molecule is CC(=O)NC=C(c1ccccc1)c1c(C)[nH]c2ccccc12. The zero-order valence-electron chi connectivity index (χ0n) is 12.7. The molecule has 0 bridgehead atoms. The molecule has 1 aromatic heterocycles. The van der Waals surface area contributed by atoms with Gasteiger partial charge in [-0.1, -0.05) is 48.5 Å². The zero-order valence-corrected chi connectivity index (χ0v) is 12.7. The van der Waals surface area contributed by atoms with E-state index < -0.39 is 0 Å². The number of hydrogen-bond acceptors (Lipinski definition) is 1. The fourth-order valence-corrected chi connectivity index (χ4v) is 2.72. The predicted molar refractivity (Wildman–Crippen MR) is 90.4 cm³/mol. The van der Waals surface area contributed by atoms with Crippen molar-refractivity contribution < 1.29 is 4.79 Å². The Balaban J connectivity index is 2.22. The fourth-order valence-electron chi connectivity index (χ4n) is 2.72. The number of carbonyl (C=O) groups is 1. The Hall–Kier alpha value is -2.81. The third kappa shape index (κ3) is 2.66. The molecule has 3 nitrogen and oxygen atoms in total. The van der Waals surface area contributed by atoms with Gasteiger partial charge >= 0.3 is 0 Å². The van der Waals surface area contributed by atoms with E-state index in [1.807, 2.05) is 30.3 Å². The quantitative estimate of drug-likeness (QED) is 0.752. The van der Waals surface area contributed by atoms with Crippen LogP contribution in [0.4, 0.5) is 0 Å². The molecule has 1 heterocycles. The highest BCUT2D eigenvalue weighted by Crippen LogP contribution is 2.32. The van der Waals surface area contributed by atoms with Gasteiger partial charge in [-0.25, -0.2) is 0 Å². The van der Waals surface area contributed by atoms with Gasteiger partial charge in [0.05, 0.1) is 0 Å². The van der Waals surface area contributed by atoms with E-state index in [2.05, 4.69) is 41.5 Å². The lowest BCUT2D eigenvalue weighted by molar-refractivity contribution is -0.118. The number of H-pyrrole nitrogens is 1. The zero-order chi connectivity index (χ0) is 15.5. The van der Waals surface area contributed by atoms with Gasteiger partial charge in [0.25, 0.3) is 0 Å². The molecular formula is C19H18N2O. The summed E-state index contributed by atoms with van der Waals surface area (Å²) in [6.07, 6.45) is 1.79. The van der Waals surface area contributed by atoms with Crippen LogP contribution in [-0.4, -0.2) is 10.9 Å². The standard InChI is InChI=1S/C19H18N2O/c1-13-19(16-10-6-7-11-18(16)21-13)17(12-20-14(2)22)15-8-4-3-5-9-15/h3-12,21H,1-2H3,(H,20,22). The summed E-state index contributed by atoms with van der Waals surface area (Å²) in [5.41, 5.74) is 5.38. The van der Waals surface area contributed by atoms with E-state index in [0.29, 0.717) is 0 Å². The number of amides is 1. The van der Waals surface area contributed by atoms with E-state index >= 15 is 0 Å². The largest absolute Gasteiger partial charge is 0.358 e. The van der Waals surface area contributed by atoms with Crippen LogP contribution < -0.4 is 5.32 Å². The van der Waals surface area contributed by atoms with Crippen molar-refractivity contribution in [2.24, 2.45) is 0 Å². The molecule has 2 aromatic carbocycles. The number of aryl methyl sites for hydroxylation is 1. The molecule has 0 spiro atoms. The smallest absolute Gasteiger partial charge is 0.220 e. The predicted octanol–water partition coefficient (Wildman–Crippen LogP) is 4.00. The van der Waals surface area contributed by atoms with E-state index in [1.54, 1.807) is 6.20 Å². The minimum absolute atomic E-state index is 0.0778. The first kappa shape index (κ1) is 14.1. The number of fused-ring (bicyclic) bond motifs is 1. The Kier molecular flexibility index (Phi) is 3.79. The summed E-state index contributed by atoms with van der Waals surface area (Å²) < 4.78 is 0. The summed E-state index contributed by atoms with van der Waals surface area (Å²) in [6, 6.07) is 18.3. The lowest BCUT2D eigenvalue weighted by Crippen LogP contribution is -2.13. The minimum Gasteiger partial charge on any atom is -0.358 e. The highest BCUT2D eigenvalue weighted by Gasteiger charge is 2.14. The average Bonchev–Trinajstić information content (AvgIpc) is 2.85. The molecule has 2 N–H and O–H groups in total. The molecule has 3 heteroatoms. The van der Waals surface area contributed by atoms with Crippen LogP contribution in [-0.2, 0) is 4.79 Å². The molecule has 0 aliphatic rings. The maximum Gasteiger partial charge on any atom is 0.220 e. The first-order chi connectivity index (χ1) is 10.7. The summed E-state index contributed by atoms with van der Waals surface area (Å²) in [6.45, 7) is 3.57. The minimum atomic E-state index is -0.0778. The Morgan fingerprint density at radius 1 is 1.05 bits per heavy atom. The number of carbonyl (C=O) groups excluding carboxylic acids is 1. The highest BCUT2D eigenvalue weighted by molar-refractivity contribution is 5.98. The summed E-state index contributed by atoms with van der Waals surface area (Å²) in [5.74, 6) is -0.0778. The van der Waals surface area contributed by atoms with Crippen LogP contribution in [0, 0.1) is 6.92 Å². The van der Waals surface area contributed by atoms with E-state index in [9.17, 15) is 4.79 Å². The Labute approximate surface area is 129 Å². The van der Waals surface area contributed by atoms with Crippen molar-refractivity contribution in [1.29, 1.82) is 0 Å². The van der Waals surface area contributed by atoms with Crippen LogP contribution in [0.15, 0.2) is 60.8 Å². The van der Waals surface area contributed by atoms with Crippen molar-refractivity contribution in [2.45, 2.75) is 13.8 Å². The van der Waals surface area contributed by atoms with Crippen molar-refractivity contribution in [3.05, 3.63) is 77.6 Å². The molecule has 0 unspecified atom stereocenters. The lowest BCUT2D eigenvalue weighted by atomic mass is 9.96. The summed E-state index contributed by atoms with van der Waals surface area (Å²) >= 11 is 0. The number of aromatic amines is 1. The van der Waals surface area contributed by atoms with Crippen molar-refractivity contribution in [3.63, 3.8) is 0 Å². The summed E-state index contributed by atoms with van der Waals surface area (Å²) in [7, 11) is 0. The molecule has 0 saturated carbocycles. The van der Waals surface area contributed by atoms with Gasteiger partial charge in [0.1, 0.15) is 0 Å². The molecule has 0 aliphatic heterocycles. The van der Waals surface area contributed by atoms with Gasteiger partial charge in [0.15, 0.2) is 0 Å². The first-order valence-electron chi connectivity index (χ1n) is 7.27. The molecule has 1 amide bonds. The molecule has 3 aromatic rings. The van der Waals surface area contributed by atoms with Gasteiger partial charge in [-0.15, -0.1) is 0 Å². The summed E-state index contributed by atoms with van der Waals surface area (Å²) in [4.78, 5) is 14.7. The van der Waals surface area contributed by atoms with Crippen LogP contribution >= 0.6 is 0 Å². The first-order valence-corrected chi connectivity index (χ1v) is 7.27. The number of benzene rings is 2. The van der Waals surface area contributed by atoms with Crippen molar-refractivity contribution >= 4 is 22.4 Å². The number of hydrogen-bond donors (Lipinski definition) is 2. The molecule has 110 valence electrons. The summed E-state index contributed by atoms with van der Waals surface area (Å²) in [5, 5.41) is 3.96. The van der Waals surface area contributed by atoms with Gasteiger partial charge in [-0.2, -0.15) is 0 Å². The second kappa shape index (κ2) is 5.90. The second-order valence-electron chi connectivity index (χ2n) is 5.30. The van der Waals surface area contributed by atoms with Gasteiger partial charge in [0.2, 0.25) is 5.91 Å². The van der Waals surface area contributed by atoms with Gasteiger partial charge in [0, 0.05) is 40.9 Å². The molecule has 0 radical (unpaired) electrons. The van der Waals surface area contributed by atoms with E-state index in [4.69, 9.17) is 0 Å². The molecule has 0 atom stereocenters. The number of nitrogens with one attached hydrogen (secondary N) is 2. The Morgan fingerprint density at radius 3 is 2.45 bits per heavy atom. The highest BCUT2D eigenvalue weighted by atomic mass is 16.1. The molecule has 22 heavy (non-hydrogen) atoms. The van der Waals surface area contributed by atoms with E-state index in [0.717, 1.165) is 33.3 Å². The molecule has 0 saturated heterocycles. The topological polar surface area (TPSA) is 44.9 Å². The van der Waals surface area contributed by atoms with Crippen LogP contribution in [0.5, 0.6) is 0 Å². The van der Waals surface area contributed by atoms with Gasteiger partial charge < -0.3 is 10.3 Å². The van der Waals surface area contributed by atoms with Crippen molar-refractivity contribution in [3.8, 4) is 0 Å². The Bertz CT molecular complexity index is 844. The third-order valence-corrected chi connectivity index (χ3v) is 3.67. The Morgan fingerprint density at radius 2 is 1.73 bits per heavy atom. The lowest BCUT2D eigenvalue weighted by Gasteiger charge is -2.09. The molecular weight excluding hydrogens is 272 g/mol. The van der Waals surface area contributed by atoms with Gasteiger partial charge in [-0.3, -0.25) is 4.79 Å². The van der Waals surface area contributed by atoms with Crippen molar-refractivity contribution in [2.75, 3.05) is 0 Å². The van der Waals surface area contributed by atoms with Crippen LogP contribution in [0.3, 0.4) is 0 Å². The molecule has 3 rings (SSSR count). The van der Waals surface area contributed by atoms with E-state index in [-0.39, 0.29) is 5.91 Å². The monoisotopic (exact) mass is 290 g/mol. The normalized spacial score (nSPS) is 11.6. The second-order valence-corrected chi connectivity index (χ2v) is 5.30. The average molecular weight is 290 g/mol. The molecule has 0 aliphatic carbocycles. The van der Waals surface area contributed by atoms with Crippen LogP contribution in [0.25, 0.3) is 16.5 Å². The van der Waals surface area contributed by atoms with Crippen LogP contribution in [0.2, 0.25) is 0 Å². The van der Waals surface area contributed by atoms with Crippen molar-refractivity contribution in [1.82, 2.24) is 10.3 Å². The van der Waals surface area contributed by atoms with E-state index in [1.165, 1.54) is 6.92 Å². The fraction of sp³-hybridized carbons (Fsp3) is 0.105. The molecule has 0 fully saturated rings. The third-order valence-electron chi connectivity index (χ3n) is 3.67. The maximum absolute atomic E-state index is 11.3.